The molecule has 7 nitrogen and oxygen atoms in total. The quantitative estimate of drug-likeness (QED) is 0.853. The summed E-state index contributed by atoms with van der Waals surface area (Å²) in [4.78, 5) is 29.6. The van der Waals surface area contributed by atoms with E-state index in [-0.39, 0.29) is 24.2 Å². The van der Waals surface area contributed by atoms with E-state index in [4.69, 9.17) is 9.15 Å². The molecule has 1 aromatic heterocycles. The van der Waals surface area contributed by atoms with Crippen molar-refractivity contribution in [2.75, 3.05) is 30.9 Å². The van der Waals surface area contributed by atoms with E-state index < -0.39 is 5.97 Å². The smallest absolute Gasteiger partial charge is 0.360 e. The van der Waals surface area contributed by atoms with Gasteiger partial charge < -0.3 is 14.1 Å². The van der Waals surface area contributed by atoms with Gasteiger partial charge in [-0.1, -0.05) is 0 Å². The fourth-order valence-corrected chi connectivity index (χ4v) is 2.10. The molecule has 2 aromatic rings. The summed E-state index contributed by atoms with van der Waals surface area (Å²) < 4.78 is 9.87. The second kappa shape index (κ2) is 6.95. The molecule has 0 aliphatic carbocycles. The van der Waals surface area contributed by atoms with Gasteiger partial charge in [0, 0.05) is 25.3 Å². The monoisotopic (exact) mass is 317 g/mol. The van der Waals surface area contributed by atoms with E-state index in [0.717, 1.165) is 17.5 Å². The van der Waals surface area contributed by atoms with Gasteiger partial charge in [0.05, 0.1) is 6.61 Å². The third kappa shape index (κ3) is 3.88. The average molecular weight is 317 g/mol. The van der Waals surface area contributed by atoms with Gasteiger partial charge in [0.1, 0.15) is 6.26 Å². The minimum absolute atomic E-state index is 0.0151. The van der Waals surface area contributed by atoms with Crippen molar-refractivity contribution in [2.24, 2.45) is 0 Å². The molecule has 0 unspecified atom stereocenters. The Morgan fingerprint density at radius 3 is 2.70 bits per heavy atom. The van der Waals surface area contributed by atoms with Crippen LogP contribution in [0.5, 0.6) is 0 Å². The summed E-state index contributed by atoms with van der Waals surface area (Å²) in [5, 5.41) is 2.51. The topological polar surface area (TPSA) is 84.7 Å². The molecule has 7 heteroatoms. The summed E-state index contributed by atoms with van der Waals surface area (Å²) in [6.45, 7) is 3.86. The second-order valence-electron chi connectivity index (χ2n) is 5.11. The number of benzene rings is 1. The highest BCUT2D eigenvalue weighted by Crippen LogP contribution is 2.20. The lowest BCUT2D eigenvalue weighted by atomic mass is 10.1. The fourth-order valence-electron chi connectivity index (χ4n) is 2.10. The van der Waals surface area contributed by atoms with E-state index in [9.17, 15) is 9.59 Å². The lowest BCUT2D eigenvalue weighted by molar-refractivity contribution is 0.0519. The summed E-state index contributed by atoms with van der Waals surface area (Å²) in [7, 11) is 3.87. The summed E-state index contributed by atoms with van der Waals surface area (Å²) >= 11 is 0. The molecular weight excluding hydrogens is 298 g/mol. The number of rotatable bonds is 5. The first-order valence-electron chi connectivity index (χ1n) is 7.14. The fraction of sp³-hybridized carbons (Fsp3) is 0.312. The standard InChI is InChI=1S/C16H19N3O4/c1-5-22-15(21)12-9-23-16(17-12)18-14(20)11-6-7-13(19(3)4)10(2)8-11/h6-9H,5H2,1-4H3,(H,17,18,20). The van der Waals surface area contributed by atoms with Crippen molar-refractivity contribution in [1.29, 1.82) is 0 Å². The van der Waals surface area contributed by atoms with Crippen LogP contribution in [0.1, 0.15) is 33.3 Å². The molecule has 122 valence electrons. The van der Waals surface area contributed by atoms with Crippen LogP contribution in [0.25, 0.3) is 0 Å². The minimum atomic E-state index is -0.595. The third-order valence-electron chi connectivity index (χ3n) is 3.15. The van der Waals surface area contributed by atoms with Gasteiger partial charge in [-0.3, -0.25) is 10.1 Å². The van der Waals surface area contributed by atoms with Crippen molar-refractivity contribution in [3.8, 4) is 0 Å². The van der Waals surface area contributed by atoms with Gasteiger partial charge in [-0.05, 0) is 37.6 Å². The first-order valence-corrected chi connectivity index (χ1v) is 7.14. The van der Waals surface area contributed by atoms with Crippen LogP contribution >= 0.6 is 0 Å². The second-order valence-corrected chi connectivity index (χ2v) is 5.11. The Kier molecular flexibility index (Phi) is 5.00. The molecule has 0 atom stereocenters. The molecule has 23 heavy (non-hydrogen) atoms. The number of amides is 1. The number of oxazole rings is 1. The van der Waals surface area contributed by atoms with Crippen LogP contribution in [0.3, 0.4) is 0 Å². The Labute approximate surface area is 134 Å². The number of hydrogen-bond acceptors (Lipinski definition) is 6. The van der Waals surface area contributed by atoms with Crippen LogP contribution in [0, 0.1) is 6.92 Å². The number of carbonyl (C=O) groups excluding carboxylic acids is 2. The zero-order chi connectivity index (χ0) is 17.0. The largest absolute Gasteiger partial charge is 0.461 e. The molecule has 0 fully saturated rings. The highest BCUT2D eigenvalue weighted by molar-refractivity contribution is 6.03. The lowest BCUT2D eigenvalue weighted by Crippen LogP contribution is -2.15. The van der Waals surface area contributed by atoms with Crippen LogP contribution in [0.2, 0.25) is 0 Å². The molecule has 0 aliphatic rings. The van der Waals surface area contributed by atoms with Crippen molar-refractivity contribution >= 4 is 23.6 Å². The number of ether oxygens (including phenoxy) is 1. The number of nitrogens with zero attached hydrogens (tertiary/aromatic N) is 2. The predicted octanol–water partition coefficient (Wildman–Crippen LogP) is 2.48. The van der Waals surface area contributed by atoms with Gasteiger partial charge in [0.2, 0.25) is 0 Å². The van der Waals surface area contributed by atoms with Gasteiger partial charge in [0.25, 0.3) is 5.91 Å². The highest BCUT2D eigenvalue weighted by Gasteiger charge is 2.16. The first kappa shape index (κ1) is 16.5. The number of hydrogen-bond donors (Lipinski definition) is 1. The lowest BCUT2D eigenvalue weighted by Gasteiger charge is -2.16. The minimum Gasteiger partial charge on any atom is -0.461 e. The summed E-state index contributed by atoms with van der Waals surface area (Å²) in [6, 6.07) is 5.31. The molecule has 0 spiro atoms. The number of carbonyl (C=O) groups is 2. The van der Waals surface area contributed by atoms with E-state index >= 15 is 0 Å². The molecule has 1 amide bonds. The maximum absolute atomic E-state index is 12.2. The molecule has 0 bridgehead atoms. The van der Waals surface area contributed by atoms with Crippen LogP contribution in [0.4, 0.5) is 11.7 Å². The summed E-state index contributed by atoms with van der Waals surface area (Å²) in [5.41, 5.74) is 2.50. The zero-order valence-corrected chi connectivity index (χ0v) is 13.5. The Morgan fingerprint density at radius 1 is 1.35 bits per heavy atom. The molecule has 1 heterocycles. The molecule has 1 N–H and O–H groups in total. The van der Waals surface area contributed by atoms with Gasteiger partial charge in [0.15, 0.2) is 5.69 Å². The van der Waals surface area contributed by atoms with Crippen LogP contribution in [-0.2, 0) is 4.74 Å². The van der Waals surface area contributed by atoms with Gasteiger partial charge in [-0.15, -0.1) is 0 Å². The molecular formula is C16H19N3O4. The normalized spacial score (nSPS) is 10.3. The maximum Gasteiger partial charge on any atom is 0.360 e. The summed E-state index contributed by atoms with van der Waals surface area (Å²) in [5.74, 6) is -0.960. The van der Waals surface area contributed by atoms with E-state index in [2.05, 4.69) is 10.3 Å². The molecule has 1 aromatic carbocycles. The number of aryl methyl sites for hydroxylation is 1. The Morgan fingerprint density at radius 2 is 2.09 bits per heavy atom. The van der Waals surface area contributed by atoms with Gasteiger partial charge in [-0.2, -0.15) is 4.98 Å². The van der Waals surface area contributed by atoms with Crippen LogP contribution < -0.4 is 10.2 Å². The summed E-state index contributed by atoms with van der Waals surface area (Å²) in [6.07, 6.45) is 1.15. The Hall–Kier alpha value is -2.83. The SMILES string of the molecule is CCOC(=O)c1coc(NC(=O)c2ccc(N(C)C)c(C)c2)n1. The van der Waals surface area contributed by atoms with E-state index in [1.807, 2.05) is 32.0 Å². The molecule has 2 rings (SSSR count). The third-order valence-corrected chi connectivity index (χ3v) is 3.15. The number of nitrogens with one attached hydrogen (secondary N) is 1. The molecule has 0 radical (unpaired) electrons. The van der Waals surface area contributed by atoms with Crippen LogP contribution in [0.15, 0.2) is 28.9 Å². The predicted molar refractivity (Wildman–Crippen MR) is 85.9 cm³/mol. The van der Waals surface area contributed by atoms with Crippen LogP contribution in [-0.4, -0.2) is 37.6 Å². The number of anilines is 2. The highest BCUT2D eigenvalue weighted by atomic mass is 16.5. The Balaban J connectivity index is 2.10. The average Bonchev–Trinajstić information content (AvgIpc) is 2.95. The van der Waals surface area contributed by atoms with Gasteiger partial charge in [-0.25, -0.2) is 4.79 Å². The molecule has 0 saturated heterocycles. The van der Waals surface area contributed by atoms with E-state index in [1.165, 1.54) is 0 Å². The van der Waals surface area contributed by atoms with E-state index in [1.54, 1.807) is 19.1 Å². The molecule has 0 saturated carbocycles. The van der Waals surface area contributed by atoms with Crippen molar-refractivity contribution in [3.63, 3.8) is 0 Å². The Bertz CT molecular complexity index is 722. The van der Waals surface area contributed by atoms with Crippen molar-refractivity contribution in [3.05, 3.63) is 41.3 Å². The van der Waals surface area contributed by atoms with Gasteiger partial charge >= 0.3 is 12.0 Å². The zero-order valence-electron chi connectivity index (χ0n) is 13.5. The number of aromatic nitrogens is 1. The van der Waals surface area contributed by atoms with Crippen molar-refractivity contribution < 1.29 is 18.7 Å². The van der Waals surface area contributed by atoms with Crippen molar-refractivity contribution in [2.45, 2.75) is 13.8 Å². The van der Waals surface area contributed by atoms with Crippen molar-refractivity contribution in [1.82, 2.24) is 4.98 Å². The molecule has 0 aliphatic heterocycles. The first-order chi connectivity index (χ1) is 10.9. The maximum atomic E-state index is 12.2. The number of esters is 1. The van der Waals surface area contributed by atoms with E-state index in [0.29, 0.717) is 5.56 Å².